The summed E-state index contributed by atoms with van der Waals surface area (Å²) < 4.78 is 7.53. The average Bonchev–Trinajstić information content (AvgIpc) is 2.95. The summed E-state index contributed by atoms with van der Waals surface area (Å²) in [7, 11) is 1.88. The predicted octanol–water partition coefficient (Wildman–Crippen LogP) is 3.24. The van der Waals surface area contributed by atoms with Gasteiger partial charge in [-0.1, -0.05) is 13.3 Å². The molecule has 2 atom stereocenters. The van der Waals surface area contributed by atoms with Crippen molar-refractivity contribution in [3.63, 3.8) is 0 Å². The van der Waals surface area contributed by atoms with E-state index in [9.17, 15) is 0 Å². The second-order valence-corrected chi connectivity index (χ2v) is 5.97. The van der Waals surface area contributed by atoms with E-state index in [2.05, 4.69) is 46.6 Å². The monoisotopic (exact) mass is 300 g/mol. The number of anilines is 1. The smallest absolute Gasteiger partial charge is 0.181 e. The molecule has 0 amide bonds. The molecule has 1 aliphatic heterocycles. The molecule has 3 rings (SSSR count). The van der Waals surface area contributed by atoms with Crippen LogP contribution in [0.4, 0.5) is 5.69 Å². The van der Waals surface area contributed by atoms with Crippen LogP contribution in [0, 0.1) is 0 Å². The van der Waals surface area contributed by atoms with E-state index in [0.29, 0.717) is 12.1 Å². The standard InChI is InChI=1S/C17H24N4O/c1-3-4-16-11-15(9-10-22-16)19-14-7-5-13(6-8-14)17-18-12-21(2)20-17/h5-8,12,15-16,19H,3-4,9-11H2,1-2H3/t15-,16-/m0/s1. The molecular formula is C17H24N4O. The van der Waals surface area contributed by atoms with Gasteiger partial charge >= 0.3 is 0 Å². The van der Waals surface area contributed by atoms with Crippen LogP contribution in [0.15, 0.2) is 30.6 Å². The number of benzene rings is 1. The fourth-order valence-corrected chi connectivity index (χ4v) is 2.96. The minimum atomic E-state index is 0.410. The summed E-state index contributed by atoms with van der Waals surface area (Å²) in [6.07, 6.45) is 6.64. The van der Waals surface area contributed by atoms with E-state index in [-0.39, 0.29) is 0 Å². The molecule has 2 aromatic rings. The SMILES string of the molecule is CCC[C@H]1C[C@@H](Nc2ccc(-c3ncn(C)n3)cc2)CCO1. The lowest BCUT2D eigenvalue weighted by molar-refractivity contribution is 0.00598. The van der Waals surface area contributed by atoms with E-state index >= 15 is 0 Å². The van der Waals surface area contributed by atoms with Crippen LogP contribution in [0.1, 0.15) is 32.6 Å². The van der Waals surface area contributed by atoms with Crippen LogP contribution in [0.3, 0.4) is 0 Å². The Morgan fingerprint density at radius 2 is 2.14 bits per heavy atom. The van der Waals surface area contributed by atoms with E-state index in [1.165, 1.54) is 6.42 Å². The third kappa shape index (κ3) is 3.65. The van der Waals surface area contributed by atoms with Crippen LogP contribution in [0.2, 0.25) is 0 Å². The highest BCUT2D eigenvalue weighted by Gasteiger charge is 2.21. The number of rotatable bonds is 5. The number of hydrogen-bond acceptors (Lipinski definition) is 4. The summed E-state index contributed by atoms with van der Waals surface area (Å²) in [6, 6.07) is 8.86. The van der Waals surface area contributed by atoms with Crippen molar-refractivity contribution in [3.8, 4) is 11.4 Å². The average molecular weight is 300 g/mol. The first kappa shape index (κ1) is 15.0. The van der Waals surface area contributed by atoms with E-state index in [1.54, 1.807) is 11.0 Å². The molecule has 118 valence electrons. The van der Waals surface area contributed by atoms with Gasteiger partial charge in [0, 0.05) is 30.9 Å². The molecular weight excluding hydrogens is 276 g/mol. The van der Waals surface area contributed by atoms with Gasteiger partial charge in [-0.3, -0.25) is 4.68 Å². The quantitative estimate of drug-likeness (QED) is 0.921. The lowest BCUT2D eigenvalue weighted by Crippen LogP contribution is -2.33. The maximum Gasteiger partial charge on any atom is 0.181 e. The van der Waals surface area contributed by atoms with E-state index in [0.717, 1.165) is 42.9 Å². The molecule has 5 heteroatoms. The maximum absolute atomic E-state index is 5.81. The first-order valence-electron chi connectivity index (χ1n) is 8.09. The Labute approximate surface area is 131 Å². The number of aromatic nitrogens is 3. The van der Waals surface area contributed by atoms with Crippen LogP contribution in [-0.2, 0) is 11.8 Å². The summed E-state index contributed by atoms with van der Waals surface area (Å²) >= 11 is 0. The zero-order valence-electron chi connectivity index (χ0n) is 13.3. The summed E-state index contributed by atoms with van der Waals surface area (Å²) in [6.45, 7) is 3.07. The number of hydrogen-bond donors (Lipinski definition) is 1. The third-order valence-electron chi connectivity index (χ3n) is 4.09. The zero-order valence-corrected chi connectivity index (χ0v) is 13.3. The molecule has 1 aromatic carbocycles. The zero-order chi connectivity index (χ0) is 15.4. The normalized spacial score (nSPS) is 21.7. The lowest BCUT2D eigenvalue weighted by Gasteiger charge is -2.30. The number of nitrogens with one attached hydrogen (secondary N) is 1. The second-order valence-electron chi connectivity index (χ2n) is 5.97. The van der Waals surface area contributed by atoms with Gasteiger partial charge in [0.25, 0.3) is 0 Å². The van der Waals surface area contributed by atoms with Gasteiger partial charge in [-0.05, 0) is 43.5 Å². The van der Waals surface area contributed by atoms with E-state index in [1.807, 2.05) is 7.05 Å². The Kier molecular flexibility index (Phi) is 4.73. The molecule has 22 heavy (non-hydrogen) atoms. The van der Waals surface area contributed by atoms with Crippen LogP contribution in [0.5, 0.6) is 0 Å². The Hall–Kier alpha value is -1.88. The molecule has 1 fully saturated rings. The van der Waals surface area contributed by atoms with Gasteiger partial charge < -0.3 is 10.1 Å². The molecule has 1 aliphatic rings. The first-order valence-corrected chi connectivity index (χ1v) is 8.09. The molecule has 1 aromatic heterocycles. The minimum absolute atomic E-state index is 0.410. The highest BCUT2D eigenvalue weighted by atomic mass is 16.5. The van der Waals surface area contributed by atoms with Crippen molar-refractivity contribution in [1.82, 2.24) is 14.8 Å². The van der Waals surface area contributed by atoms with Crippen molar-refractivity contribution in [2.24, 2.45) is 7.05 Å². The molecule has 0 radical (unpaired) electrons. The van der Waals surface area contributed by atoms with Crippen molar-refractivity contribution in [2.45, 2.75) is 44.8 Å². The molecule has 0 spiro atoms. The fraction of sp³-hybridized carbons (Fsp3) is 0.529. The van der Waals surface area contributed by atoms with Crippen molar-refractivity contribution in [1.29, 1.82) is 0 Å². The van der Waals surface area contributed by atoms with Crippen LogP contribution in [0.25, 0.3) is 11.4 Å². The Bertz CT molecular complexity index is 591. The summed E-state index contributed by atoms with van der Waals surface area (Å²) in [5.74, 6) is 0.767. The van der Waals surface area contributed by atoms with Crippen LogP contribution in [-0.4, -0.2) is 33.5 Å². The summed E-state index contributed by atoms with van der Waals surface area (Å²) in [4.78, 5) is 4.28. The minimum Gasteiger partial charge on any atom is -0.382 e. The predicted molar refractivity (Wildman–Crippen MR) is 87.7 cm³/mol. The first-order chi connectivity index (χ1) is 10.7. The summed E-state index contributed by atoms with van der Waals surface area (Å²) in [5.41, 5.74) is 2.20. The van der Waals surface area contributed by atoms with Crippen molar-refractivity contribution < 1.29 is 4.74 Å². The van der Waals surface area contributed by atoms with Crippen molar-refractivity contribution in [2.75, 3.05) is 11.9 Å². The molecule has 0 saturated carbocycles. The second kappa shape index (κ2) is 6.92. The topological polar surface area (TPSA) is 52.0 Å². The largest absolute Gasteiger partial charge is 0.382 e. The Morgan fingerprint density at radius 3 is 2.82 bits per heavy atom. The number of aryl methyl sites for hydroxylation is 1. The van der Waals surface area contributed by atoms with Crippen LogP contribution < -0.4 is 5.32 Å². The van der Waals surface area contributed by atoms with Gasteiger partial charge in [-0.25, -0.2) is 4.98 Å². The number of ether oxygens (including phenoxy) is 1. The molecule has 1 saturated heterocycles. The highest BCUT2D eigenvalue weighted by Crippen LogP contribution is 2.23. The van der Waals surface area contributed by atoms with E-state index in [4.69, 9.17) is 4.74 Å². The lowest BCUT2D eigenvalue weighted by atomic mass is 10.00. The van der Waals surface area contributed by atoms with Gasteiger partial charge in [0.15, 0.2) is 5.82 Å². The summed E-state index contributed by atoms with van der Waals surface area (Å²) in [5, 5.41) is 7.95. The Balaban J connectivity index is 1.61. The van der Waals surface area contributed by atoms with Gasteiger partial charge in [0.1, 0.15) is 6.33 Å². The van der Waals surface area contributed by atoms with Gasteiger partial charge in [0.05, 0.1) is 6.10 Å². The van der Waals surface area contributed by atoms with Crippen molar-refractivity contribution >= 4 is 5.69 Å². The molecule has 0 unspecified atom stereocenters. The molecule has 1 N–H and O–H groups in total. The molecule has 0 bridgehead atoms. The third-order valence-corrected chi connectivity index (χ3v) is 4.09. The molecule has 0 aliphatic carbocycles. The van der Waals surface area contributed by atoms with E-state index < -0.39 is 0 Å². The van der Waals surface area contributed by atoms with Gasteiger partial charge in [0.2, 0.25) is 0 Å². The molecule has 2 heterocycles. The van der Waals surface area contributed by atoms with Gasteiger partial charge in [-0.2, -0.15) is 5.10 Å². The Morgan fingerprint density at radius 1 is 1.32 bits per heavy atom. The highest BCUT2D eigenvalue weighted by molar-refractivity contribution is 5.59. The number of nitrogens with zero attached hydrogens (tertiary/aromatic N) is 3. The van der Waals surface area contributed by atoms with Crippen molar-refractivity contribution in [3.05, 3.63) is 30.6 Å². The van der Waals surface area contributed by atoms with Crippen LogP contribution >= 0.6 is 0 Å². The molecule has 5 nitrogen and oxygen atoms in total. The maximum atomic E-state index is 5.81. The fourth-order valence-electron chi connectivity index (χ4n) is 2.96. The van der Waals surface area contributed by atoms with Gasteiger partial charge in [-0.15, -0.1) is 0 Å².